The van der Waals surface area contributed by atoms with Crippen LogP contribution in [-0.4, -0.2) is 16.8 Å². The van der Waals surface area contributed by atoms with Gasteiger partial charge in [-0.05, 0) is 37.1 Å². The van der Waals surface area contributed by atoms with Gasteiger partial charge in [-0.25, -0.2) is 4.98 Å². The summed E-state index contributed by atoms with van der Waals surface area (Å²) in [5.41, 5.74) is 0.549. The van der Waals surface area contributed by atoms with Gasteiger partial charge in [0.1, 0.15) is 5.82 Å². The lowest BCUT2D eigenvalue weighted by molar-refractivity contribution is -0.129. The van der Waals surface area contributed by atoms with Crippen LogP contribution in [0.2, 0.25) is 5.02 Å². The standard InChI is InChI=1S/C19H18ClN3O2/c20-15-9-3-4-10-16(15)22-18(24)13-7-1-2-8-14(13)19(25)23-17-11-5-6-12-21-17/h1-6,9-14H,7-8H2,(H,22,24)(H,21,23,25). The maximum absolute atomic E-state index is 12.7. The fourth-order valence-corrected chi connectivity index (χ4v) is 3.02. The summed E-state index contributed by atoms with van der Waals surface area (Å²) in [6.07, 6.45) is 6.50. The second-order valence-corrected chi connectivity index (χ2v) is 6.24. The summed E-state index contributed by atoms with van der Waals surface area (Å²) < 4.78 is 0. The highest BCUT2D eigenvalue weighted by Crippen LogP contribution is 2.29. The van der Waals surface area contributed by atoms with E-state index in [1.54, 1.807) is 48.7 Å². The van der Waals surface area contributed by atoms with Gasteiger partial charge in [0.25, 0.3) is 0 Å². The average Bonchev–Trinajstić information content (AvgIpc) is 2.64. The lowest BCUT2D eigenvalue weighted by atomic mass is 9.81. The Morgan fingerprint density at radius 3 is 2.20 bits per heavy atom. The fraction of sp³-hybridized carbons (Fsp3) is 0.211. The van der Waals surface area contributed by atoms with Crippen molar-refractivity contribution in [2.75, 3.05) is 10.6 Å². The van der Waals surface area contributed by atoms with Gasteiger partial charge in [-0.2, -0.15) is 0 Å². The number of aromatic nitrogens is 1. The molecule has 6 heteroatoms. The maximum Gasteiger partial charge on any atom is 0.229 e. The third-order valence-corrected chi connectivity index (χ3v) is 4.48. The molecule has 25 heavy (non-hydrogen) atoms. The van der Waals surface area contributed by atoms with Crippen LogP contribution < -0.4 is 10.6 Å². The first-order valence-electron chi connectivity index (χ1n) is 8.07. The predicted molar refractivity (Wildman–Crippen MR) is 98.3 cm³/mol. The molecular formula is C19H18ClN3O2. The third kappa shape index (κ3) is 4.25. The van der Waals surface area contributed by atoms with E-state index in [-0.39, 0.29) is 11.8 Å². The van der Waals surface area contributed by atoms with Crippen molar-refractivity contribution in [2.45, 2.75) is 12.8 Å². The SMILES string of the molecule is O=C(Nc1ccccn1)C1CC=CCC1C(=O)Nc1ccccc1Cl. The van der Waals surface area contributed by atoms with E-state index in [2.05, 4.69) is 15.6 Å². The second-order valence-electron chi connectivity index (χ2n) is 5.83. The number of allylic oxidation sites excluding steroid dienone is 2. The molecular weight excluding hydrogens is 338 g/mol. The number of carbonyl (C=O) groups excluding carboxylic acids is 2. The molecule has 128 valence electrons. The topological polar surface area (TPSA) is 71.1 Å². The van der Waals surface area contributed by atoms with Gasteiger partial charge in [0.15, 0.2) is 0 Å². The molecule has 3 rings (SSSR count). The average molecular weight is 356 g/mol. The fourth-order valence-electron chi connectivity index (χ4n) is 2.84. The third-order valence-electron chi connectivity index (χ3n) is 4.15. The van der Waals surface area contributed by atoms with E-state index in [0.717, 1.165) is 0 Å². The first-order chi connectivity index (χ1) is 12.1. The van der Waals surface area contributed by atoms with Crippen LogP contribution in [0.25, 0.3) is 0 Å². The molecule has 1 aliphatic carbocycles. The van der Waals surface area contributed by atoms with E-state index in [1.165, 1.54) is 0 Å². The highest BCUT2D eigenvalue weighted by molar-refractivity contribution is 6.33. The summed E-state index contributed by atoms with van der Waals surface area (Å²) in [6.45, 7) is 0. The predicted octanol–water partition coefficient (Wildman–Crippen LogP) is 3.89. The number of hydrogen-bond acceptors (Lipinski definition) is 3. The molecule has 1 aliphatic rings. The molecule has 2 aromatic rings. The molecule has 1 aromatic carbocycles. The van der Waals surface area contributed by atoms with Crippen LogP contribution in [0.15, 0.2) is 60.8 Å². The van der Waals surface area contributed by atoms with Gasteiger partial charge < -0.3 is 10.6 Å². The molecule has 1 aromatic heterocycles. The maximum atomic E-state index is 12.7. The highest BCUT2D eigenvalue weighted by Gasteiger charge is 2.34. The van der Waals surface area contributed by atoms with E-state index in [9.17, 15) is 9.59 Å². The largest absolute Gasteiger partial charge is 0.324 e. The Bertz CT molecular complexity index is 792. The molecule has 1 heterocycles. The molecule has 0 fully saturated rings. The molecule has 2 amide bonds. The Labute approximate surface area is 151 Å². The lowest BCUT2D eigenvalue weighted by Gasteiger charge is -2.26. The molecule has 2 unspecified atom stereocenters. The van der Waals surface area contributed by atoms with Crippen LogP contribution >= 0.6 is 11.6 Å². The number of carbonyl (C=O) groups is 2. The van der Waals surface area contributed by atoms with E-state index < -0.39 is 11.8 Å². The summed E-state index contributed by atoms with van der Waals surface area (Å²) in [4.78, 5) is 29.4. The lowest BCUT2D eigenvalue weighted by Crippen LogP contribution is -2.37. The molecule has 2 N–H and O–H groups in total. The second kappa shape index (κ2) is 7.94. The van der Waals surface area contributed by atoms with E-state index in [0.29, 0.717) is 29.4 Å². The van der Waals surface area contributed by atoms with Crippen LogP contribution in [0, 0.1) is 11.8 Å². The summed E-state index contributed by atoms with van der Waals surface area (Å²) in [5.74, 6) is -0.840. The zero-order valence-electron chi connectivity index (χ0n) is 13.5. The van der Waals surface area contributed by atoms with Gasteiger partial charge >= 0.3 is 0 Å². The number of benzene rings is 1. The summed E-state index contributed by atoms with van der Waals surface area (Å²) in [6, 6.07) is 12.3. The van der Waals surface area contributed by atoms with Gasteiger partial charge in [-0.3, -0.25) is 9.59 Å². The van der Waals surface area contributed by atoms with Gasteiger partial charge in [0.2, 0.25) is 11.8 Å². The smallest absolute Gasteiger partial charge is 0.229 e. The van der Waals surface area contributed by atoms with Crippen molar-refractivity contribution in [1.82, 2.24) is 4.98 Å². The molecule has 0 radical (unpaired) electrons. The molecule has 5 nitrogen and oxygen atoms in total. The zero-order chi connectivity index (χ0) is 17.6. The molecule has 2 atom stereocenters. The number of pyridine rings is 1. The molecule has 0 bridgehead atoms. The van der Waals surface area contributed by atoms with E-state index in [4.69, 9.17) is 11.6 Å². The Balaban J connectivity index is 1.72. The number of nitrogens with one attached hydrogen (secondary N) is 2. The highest BCUT2D eigenvalue weighted by atomic mass is 35.5. The van der Waals surface area contributed by atoms with Crippen LogP contribution in [0.3, 0.4) is 0 Å². The number of amides is 2. The van der Waals surface area contributed by atoms with Crippen molar-refractivity contribution in [3.8, 4) is 0 Å². The minimum atomic E-state index is -0.454. The summed E-state index contributed by atoms with van der Waals surface area (Å²) >= 11 is 6.10. The number of nitrogens with zero attached hydrogens (tertiary/aromatic N) is 1. The Hall–Kier alpha value is -2.66. The minimum Gasteiger partial charge on any atom is -0.324 e. The number of para-hydroxylation sites is 1. The number of anilines is 2. The van der Waals surface area contributed by atoms with Crippen LogP contribution in [-0.2, 0) is 9.59 Å². The zero-order valence-corrected chi connectivity index (χ0v) is 14.2. The van der Waals surface area contributed by atoms with Gasteiger partial charge in [0, 0.05) is 6.20 Å². The van der Waals surface area contributed by atoms with Crippen molar-refractivity contribution in [1.29, 1.82) is 0 Å². The number of hydrogen-bond donors (Lipinski definition) is 2. The van der Waals surface area contributed by atoms with Crippen molar-refractivity contribution in [2.24, 2.45) is 11.8 Å². The van der Waals surface area contributed by atoms with Crippen LogP contribution in [0.4, 0.5) is 11.5 Å². The van der Waals surface area contributed by atoms with Crippen LogP contribution in [0.5, 0.6) is 0 Å². The van der Waals surface area contributed by atoms with Gasteiger partial charge in [-0.15, -0.1) is 0 Å². The Morgan fingerprint density at radius 2 is 1.56 bits per heavy atom. The number of rotatable bonds is 4. The van der Waals surface area contributed by atoms with E-state index in [1.807, 2.05) is 12.2 Å². The Morgan fingerprint density at radius 1 is 0.920 bits per heavy atom. The molecule has 0 spiro atoms. The van der Waals surface area contributed by atoms with E-state index >= 15 is 0 Å². The summed E-state index contributed by atoms with van der Waals surface area (Å²) in [7, 11) is 0. The first-order valence-corrected chi connectivity index (χ1v) is 8.45. The first kappa shape index (κ1) is 17.2. The molecule has 0 aliphatic heterocycles. The monoisotopic (exact) mass is 355 g/mol. The van der Waals surface area contributed by atoms with Gasteiger partial charge in [-0.1, -0.05) is 42.0 Å². The Kier molecular flexibility index (Phi) is 5.46. The summed E-state index contributed by atoms with van der Waals surface area (Å²) in [5, 5.41) is 6.08. The van der Waals surface area contributed by atoms with Crippen molar-refractivity contribution in [3.63, 3.8) is 0 Å². The molecule has 0 saturated carbocycles. The van der Waals surface area contributed by atoms with Crippen molar-refractivity contribution >= 4 is 34.9 Å². The normalized spacial score (nSPS) is 19.2. The van der Waals surface area contributed by atoms with Crippen LogP contribution in [0.1, 0.15) is 12.8 Å². The minimum absolute atomic E-state index is 0.206. The molecule has 0 saturated heterocycles. The number of halogens is 1. The van der Waals surface area contributed by atoms with Crippen molar-refractivity contribution < 1.29 is 9.59 Å². The quantitative estimate of drug-likeness (QED) is 0.817. The van der Waals surface area contributed by atoms with Gasteiger partial charge in [0.05, 0.1) is 22.5 Å². The van der Waals surface area contributed by atoms with Crippen molar-refractivity contribution in [3.05, 3.63) is 65.8 Å².